The van der Waals surface area contributed by atoms with Gasteiger partial charge in [-0.05, 0) is 6.92 Å². The summed E-state index contributed by atoms with van der Waals surface area (Å²) in [6.45, 7) is 3.00. The normalized spacial score (nSPS) is 10.4. The summed E-state index contributed by atoms with van der Waals surface area (Å²) in [4.78, 5) is 15.2. The highest BCUT2D eigenvalue weighted by atomic mass is 35.5. The number of rotatable bonds is 6. The van der Waals surface area contributed by atoms with Gasteiger partial charge in [-0.2, -0.15) is 0 Å². The first kappa shape index (κ1) is 15.8. The lowest BCUT2D eigenvalue weighted by Gasteiger charge is -2.08. The van der Waals surface area contributed by atoms with E-state index in [4.69, 9.17) is 27.9 Å². The average molecular weight is 348 g/mol. The van der Waals surface area contributed by atoms with Gasteiger partial charge in [0.2, 0.25) is 0 Å². The van der Waals surface area contributed by atoms with Crippen molar-refractivity contribution in [1.82, 2.24) is 4.98 Å². The molecule has 0 aliphatic rings. The molecule has 0 aliphatic carbocycles. The molecule has 21 heavy (non-hydrogen) atoms. The number of nitrogens with one attached hydrogen (secondary N) is 1. The van der Waals surface area contributed by atoms with Crippen molar-refractivity contribution < 1.29 is 9.66 Å². The van der Waals surface area contributed by atoms with Crippen LogP contribution in [0.25, 0.3) is 0 Å². The number of nitrogens with zero attached hydrogens (tertiary/aromatic N) is 2. The maximum Gasteiger partial charge on any atom is 0.272 e. The molecule has 1 aromatic carbocycles. The lowest BCUT2D eigenvalue weighted by atomic mass is 10.3. The van der Waals surface area contributed by atoms with Gasteiger partial charge in [-0.1, -0.05) is 34.5 Å². The fourth-order valence-corrected chi connectivity index (χ4v) is 2.92. The third kappa shape index (κ3) is 3.96. The minimum atomic E-state index is -0.562. The zero-order valence-corrected chi connectivity index (χ0v) is 13.3. The van der Waals surface area contributed by atoms with Crippen molar-refractivity contribution in [2.45, 2.75) is 13.5 Å². The van der Waals surface area contributed by atoms with E-state index in [9.17, 15) is 10.1 Å². The number of non-ortho nitro benzene ring substituents is 1. The van der Waals surface area contributed by atoms with Gasteiger partial charge in [-0.15, -0.1) is 0 Å². The molecule has 112 valence electrons. The molecule has 2 aromatic rings. The van der Waals surface area contributed by atoms with Crippen LogP contribution in [0.5, 0.6) is 5.75 Å². The van der Waals surface area contributed by atoms with Crippen LogP contribution in [0.4, 0.5) is 10.8 Å². The molecule has 6 nitrogen and oxygen atoms in total. The lowest BCUT2D eigenvalue weighted by Crippen LogP contribution is -1.96. The number of aromatic nitrogens is 1. The molecule has 2 rings (SSSR count). The Hall–Kier alpha value is -1.57. The minimum absolute atomic E-state index is 0.102. The van der Waals surface area contributed by atoms with Gasteiger partial charge in [0.1, 0.15) is 6.61 Å². The molecule has 0 radical (unpaired) electrons. The number of hydrogen-bond acceptors (Lipinski definition) is 6. The van der Waals surface area contributed by atoms with Crippen molar-refractivity contribution in [3.63, 3.8) is 0 Å². The quantitative estimate of drug-likeness (QED) is 0.620. The van der Waals surface area contributed by atoms with E-state index in [1.165, 1.54) is 23.5 Å². The van der Waals surface area contributed by atoms with Gasteiger partial charge in [0.25, 0.3) is 5.69 Å². The van der Waals surface area contributed by atoms with E-state index in [-0.39, 0.29) is 28.1 Å². The van der Waals surface area contributed by atoms with E-state index >= 15 is 0 Å². The first-order chi connectivity index (χ1) is 10.0. The predicted octanol–water partition coefficient (Wildman–Crippen LogP) is 4.37. The molecule has 1 heterocycles. The van der Waals surface area contributed by atoms with Crippen molar-refractivity contribution in [2.24, 2.45) is 0 Å². The molecule has 0 bridgehead atoms. The third-order valence-electron chi connectivity index (χ3n) is 2.43. The Morgan fingerprint density at radius 1 is 1.43 bits per heavy atom. The Morgan fingerprint density at radius 3 is 2.67 bits per heavy atom. The summed E-state index contributed by atoms with van der Waals surface area (Å²) >= 11 is 13.4. The van der Waals surface area contributed by atoms with E-state index in [1.54, 1.807) is 6.20 Å². The molecule has 0 unspecified atom stereocenters. The number of benzene rings is 1. The number of anilines is 1. The Balaban J connectivity index is 2.10. The van der Waals surface area contributed by atoms with Crippen LogP contribution in [0, 0.1) is 10.1 Å². The Morgan fingerprint density at radius 2 is 2.10 bits per heavy atom. The number of hydrogen-bond donors (Lipinski definition) is 1. The van der Waals surface area contributed by atoms with Crippen LogP contribution in [0.15, 0.2) is 18.3 Å². The molecule has 0 aliphatic heterocycles. The zero-order valence-electron chi connectivity index (χ0n) is 10.9. The van der Waals surface area contributed by atoms with Crippen molar-refractivity contribution in [1.29, 1.82) is 0 Å². The van der Waals surface area contributed by atoms with Crippen molar-refractivity contribution in [2.75, 3.05) is 11.9 Å². The van der Waals surface area contributed by atoms with Crippen molar-refractivity contribution in [3.8, 4) is 5.75 Å². The Labute approximate surface area is 134 Å². The number of halogens is 2. The Bertz CT molecular complexity index is 640. The molecule has 1 aromatic heterocycles. The van der Waals surface area contributed by atoms with Crippen LogP contribution >= 0.6 is 34.5 Å². The number of ether oxygens (including phenoxy) is 1. The van der Waals surface area contributed by atoms with E-state index in [2.05, 4.69) is 10.3 Å². The second-order valence-electron chi connectivity index (χ2n) is 3.95. The number of thiazole rings is 1. The van der Waals surface area contributed by atoms with Crippen molar-refractivity contribution >= 4 is 45.4 Å². The number of nitro benzene ring substituents is 1. The minimum Gasteiger partial charge on any atom is -0.485 e. The molecule has 0 saturated carbocycles. The smallest absolute Gasteiger partial charge is 0.272 e. The van der Waals surface area contributed by atoms with E-state index < -0.39 is 4.92 Å². The largest absolute Gasteiger partial charge is 0.485 e. The molecule has 1 N–H and O–H groups in total. The molecular formula is C12H11Cl2N3O3S. The highest BCUT2D eigenvalue weighted by molar-refractivity contribution is 7.15. The van der Waals surface area contributed by atoms with Gasteiger partial charge in [-0.3, -0.25) is 10.1 Å². The first-order valence-corrected chi connectivity index (χ1v) is 7.53. The fourth-order valence-electron chi connectivity index (χ4n) is 1.54. The molecule has 0 atom stereocenters. The molecule has 0 amide bonds. The van der Waals surface area contributed by atoms with Crippen LogP contribution in [0.3, 0.4) is 0 Å². The molecule has 9 heteroatoms. The molecular weight excluding hydrogens is 337 g/mol. The van der Waals surface area contributed by atoms with Crippen molar-refractivity contribution in [3.05, 3.63) is 43.4 Å². The predicted molar refractivity (Wildman–Crippen MR) is 83.7 cm³/mol. The third-order valence-corrected chi connectivity index (χ3v) is 3.92. The average Bonchev–Trinajstić information content (AvgIpc) is 2.85. The monoisotopic (exact) mass is 347 g/mol. The maximum atomic E-state index is 10.7. The van der Waals surface area contributed by atoms with Crippen LogP contribution in [0.2, 0.25) is 10.0 Å². The highest BCUT2D eigenvalue weighted by Crippen LogP contribution is 2.37. The van der Waals surface area contributed by atoms with Crippen LogP contribution in [0.1, 0.15) is 11.8 Å². The molecule has 0 spiro atoms. The maximum absolute atomic E-state index is 10.7. The second-order valence-corrected chi connectivity index (χ2v) is 5.88. The summed E-state index contributed by atoms with van der Waals surface area (Å²) in [6, 6.07) is 2.42. The number of nitro groups is 1. The summed E-state index contributed by atoms with van der Waals surface area (Å²) < 4.78 is 5.54. The SMILES string of the molecule is CCNc1ncc(COc2c(Cl)cc([N+](=O)[O-])cc2Cl)s1. The first-order valence-electron chi connectivity index (χ1n) is 5.96. The van der Waals surface area contributed by atoms with E-state index in [0.717, 1.165) is 16.6 Å². The topological polar surface area (TPSA) is 77.3 Å². The van der Waals surface area contributed by atoms with Gasteiger partial charge < -0.3 is 10.1 Å². The van der Waals surface area contributed by atoms with Crippen LogP contribution in [-0.4, -0.2) is 16.5 Å². The van der Waals surface area contributed by atoms with Gasteiger partial charge in [-0.25, -0.2) is 4.98 Å². The summed E-state index contributed by atoms with van der Waals surface area (Å²) in [5.41, 5.74) is -0.176. The standard InChI is InChI=1S/C12H11Cl2N3O3S/c1-2-15-12-16-5-8(21-12)6-20-11-9(13)3-7(17(18)19)4-10(11)14/h3-5H,2,6H2,1H3,(H,15,16). The summed E-state index contributed by atoms with van der Waals surface area (Å²) in [5, 5.41) is 14.8. The molecule has 0 saturated heterocycles. The van der Waals surface area contributed by atoms with Gasteiger partial charge in [0, 0.05) is 24.9 Å². The van der Waals surface area contributed by atoms with E-state index in [1.807, 2.05) is 6.92 Å². The Kier molecular flexibility index (Phi) is 5.22. The molecule has 0 fully saturated rings. The summed E-state index contributed by atoms with van der Waals surface area (Å²) in [7, 11) is 0. The lowest BCUT2D eigenvalue weighted by molar-refractivity contribution is -0.384. The van der Waals surface area contributed by atoms with Crippen LogP contribution < -0.4 is 10.1 Å². The zero-order chi connectivity index (χ0) is 15.4. The highest BCUT2D eigenvalue weighted by Gasteiger charge is 2.16. The van der Waals surface area contributed by atoms with E-state index in [0.29, 0.717) is 0 Å². The second kappa shape index (κ2) is 6.93. The van der Waals surface area contributed by atoms with Crippen LogP contribution in [-0.2, 0) is 6.61 Å². The van der Waals surface area contributed by atoms with Gasteiger partial charge in [0.05, 0.1) is 19.8 Å². The fraction of sp³-hybridized carbons (Fsp3) is 0.250. The summed E-state index contributed by atoms with van der Waals surface area (Å²) in [5.74, 6) is 0.224. The summed E-state index contributed by atoms with van der Waals surface area (Å²) in [6.07, 6.45) is 1.69. The van der Waals surface area contributed by atoms with Gasteiger partial charge >= 0.3 is 0 Å². The van der Waals surface area contributed by atoms with Gasteiger partial charge in [0.15, 0.2) is 10.9 Å².